The second kappa shape index (κ2) is 8.13. The fourth-order valence-electron chi connectivity index (χ4n) is 2.11. The summed E-state index contributed by atoms with van der Waals surface area (Å²) in [6, 6.07) is 8.34. The predicted molar refractivity (Wildman–Crippen MR) is 91.8 cm³/mol. The highest BCUT2D eigenvalue weighted by molar-refractivity contribution is 7.08. The van der Waals surface area contributed by atoms with Crippen molar-refractivity contribution in [1.29, 1.82) is 0 Å². The van der Waals surface area contributed by atoms with Crippen molar-refractivity contribution in [2.45, 2.75) is 32.4 Å². The van der Waals surface area contributed by atoms with Gasteiger partial charge >= 0.3 is 5.97 Å². The van der Waals surface area contributed by atoms with Crippen molar-refractivity contribution < 1.29 is 14.3 Å². The third kappa shape index (κ3) is 5.08. The molecule has 0 aliphatic heterocycles. The molecule has 1 amide bonds. The minimum atomic E-state index is -0.539. The molecule has 0 fully saturated rings. The molecule has 0 saturated heterocycles. The molecule has 2 rings (SSSR count). The van der Waals surface area contributed by atoms with Gasteiger partial charge in [0, 0.05) is 10.4 Å². The molecular formula is C17H18ClNO3S. The van der Waals surface area contributed by atoms with Crippen LogP contribution in [0.1, 0.15) is 42.2 Å². The Labute approximate surface area is 144 Å². The van der Waals surface area contributed by atoms with Crippen LogP contribution in [-0.2, 0) is 9.53 Å². The average Bonchev–Trinajstić information content (AvgIpc) is 3.00. The Hall–Kier alpha value is -1.85. The van der Waals surface area contributed by atoms with E-state index in [1.807, 2.05) is 11.4 Å². The summed E-state index contributed by atoms with van der Waals surface area (Å²) in [6.07, 6.45) is -0.181. The minimum Gasteiger partial charge on any atom is -0.463 e. The zero-order valence-electron chi connectivity index (χ0n) is 12.9. The number of rotatable bonds is 6. The van der Waals surface area contributed by atoms with Crippen molar-refractivity contribution in [3.63, 3.8) is 0 Å². The minimum absolute atomic E-state index is 0.0256. The van der Waals surface area contributed by atoms with Crippen LogP contribution in [0.2, 0.25) is 5.02 Å². The molecule has 0 spiro atoms. The van der Waals surface area contributed by atoms with Crippen LogP contribution in [-0.4, -0.2) is 18.0 Å². The lowest BCUT2D eigenvalue weighted by molar-refractivity contribution is -0.147. The third-order valence-electron chi connectivity index (χ3n) is 3.11. The molecule has 6 heteroatoms. The van der Waals surface area contributed by atoms with Crippen LogP contribution in [0.25, 0.3) is 0 Å². The number of esters is 1. The van der Waals surface area contributed by atoms with Crippen molar-refractivity contribution in [3.8, 4) is 0 Å². The predicted octanol–water partition coefficient (Wildman–Crippen LogP) is 4.21. The lowest BCUT2D eigenvalue weighted by Gasteiger charge is -2.20. The van der Waals surface area contributed by atoms with Crippen LogP contribution in [0.5, 0.6) is 0 Å². The van der Waals surface area contributed by atoms with Crippen LogP contribution in [0, 0.1) is 0 Å². The molecular weight excluding hydrogens is 334 g/mol. The van der Waals surface area contributed by atoms with E-state index in [1.54, 1.807) is 43.5 Å². The molecule has 0 aliphatic carbocycles. The number of thiophene rings is 1. The molecule has 23 heavy (non-hydrogen) atoms. The van der Waals surface area contributed by atoms with E-state index in [2.05, 4.69) is 5.32 Å². The van der Waals surface area contributed by atoms with Crippen LogP contribution in [0.3, 0.4) is 0 Å². The molecule has 0 aliphatic rings. The van der Waals surface area contributed by atoms with Gasteiger partial charge in [-0.3, -0.25) is 9.59 Å². The van der Waals surface area contributed by atoms with Crippen molar-refractivity contribution in [1.82, 2.24) is 5.32 Å². The maximum Gasteiger partial charge on any atom is 0.308 e. The van der Waals surface area contributed by atoms with Gasteiger partial charge < -0.3 is 10.1 Å². The Kier molecular flexibility index (Phi) is 6.19. The topological polar surface area (TPSA) is 55.4 Å². The second-order valence-corrected chi connectivity index (χ2v) is 6.49. The van der Waals surface area contributed by atoms with Gasteiger partial charge in [-0.05, 0) is 36.9 Å². The highest BCUT2D eigenvalue weighted by Gasteiger charge is 2.22. The quantitative estimate of drug-likeness (QED) is 0.793. The summed E-state index contributed by atoms with van der Waals surface area (Å²) in [5, 5.41) is 6.94. The van der Waals surface area contributed by atoms with Crippen molar-refractivity contribution in [2.24, 2.45) is 0 Å². The van der Waals surface area contributed by atoms with Gasteiger partial charge in [-0.25, -0.2) is 0 Å². The molecule has 0 radical (unpaired) electrons. The summed E-state index contributed by atoms with van der Waals surface area (Å²) in [4.78, 5) is 24.3. The van der Waals surface area contributed by atoms with Gasteiger partial charge in [0.15, 0.2) is 0 Å². The van der Waals surface area contributed by atoms with E-state index >= 15 is 0 Å². The molecule has 2 aromatic rings. The van der Waals surface area contributed by atoms with Gasteiger partial charge in [-0.1, -0.05) is 29.8 Å². The van der Waals surface area contributed by atoms with Gasteiger partial charge in [-0.2, -0.15) is 11.3 Å². The number of hydrogen-bond donors (Lipinski definition) is 1. The monoisotopic (exact) mass is 351 g/mol. The largest absolute Gasteiger partial charge is 0.463 e. The van der Waals surface area contributed by atoms with E-state index in [9.17, 15) is 9.59 Å². The first kappa shape index (κ1) is 17.5. The number of amides is 1. The summed E-state index contributed by atoms with van der Waals surface area (Å²) in [5.41, 5.74) is 1.25. The van der Waals surface area contributed by atoms with Gasteiger partial charge in [0.1, 0.15) is 0 Å². The molecule has 4 nitrogen and oxygen atoms in total. The Balaban J connectivity index is 2.19. The number of ether oxygens (including phenoxy) is 1. The molecule has 1 aromatic heterocycles. The number of benzene rings is 1. The second-order valence-electron chi connectivity index (χ2n) is 5.30. The van der Waals surface area contributed by atoms with E-state index in [-0.39, 0.29) is 24.4 Å². The smallest absolute Gasteiger partial charge is 0.308 e. The van der Waals surface area contributed by atoms with E-state index in [4.69, 9.17) is 16.3 Å². The number of carbonyl (C=O) groups excluding carboxylic acids is 2. The van der Waals surface area contributed by atoms with Crippen molar-refractivity contribution in [2.75, 3.05) is 0 Å². The fourth-order valence-corrected chi connectivity index (χ4v) is 3.01. The number of hydrogen-bond acceptors (Lipinski definition) is 4. The standard InChI is InChI=1S/C17H18ClNO3S/c1-11(2)22-16(20)9-15(13-5-3-4-6-14(13)18)19-17(21)12-7-8-23-10-12/h3-8,10-11,15H,9H2,1-2H3,(H,19,21). The van der Waals surface area contributed by atoms with Crippen molar-refractivity contribution in [3.05, 3.63) is 57.2 Å². The van der Waals surface area contributed by atoms with Crippen LogP contribution in [0.15, 0.2) is 41.1 Å². The van der Waals surface area contributed by atoms with E-state index in [0.29, 0.717) is 16.1 Å². The third-order valence-corrected chi connectivity index (χ3v) is 4.13. The van der Waals surface area contributed by atoms with Crippen LogP contribution in [0.4, 0.5) is 0 Å². The molecule has 0 bridgehead atoms. The Morgan fingerprint density at radius 3 is 2.61 bits per heavy atom. The first-order chi connectivity index (χ1) is 11.0. The van der Waals surface area contributed by atoms with Crippen LogP contribution < -0.4 is 5.32 Å². The van der Waals surface area contributed by atoms with Gasteiger partial charge in [0.25, 0.3) is 5.91 Å². The normalized spacial score (nSPS) is 12.0. The van der Waals surface area contributed by atoms with E-state index in [0.717, 1.165) is 0 Å². The van der Waals surface area contributed by atoms with Crippen LogP contribution >= 0.6 is 22.9 Å². The van der Waals surface area contributed by atoms with E-state index in [1.165, 1.54) is 11.3 Å². The Morgan fingerprint density at radius 1 is 1.26 bits per heavy atom. The average molecular weight is 352 g/mol. The molecule has 1 N–H and O–H groups in total. The fraction of sp³-hybridized carbons (Fsp3) is 0.294. The summed E-state index contributed by atoms with van der Waals surface area (Å²) in [7, 11) is 0. The number of carbonyl (C=O) groups is 2. The lowest BCUT2D eigenvalue weighted by atomic mass is 10.0. The first-order valence-electron chi connectivity index (χ1n) is 7.24. The molecule has 122 valence electrons. The van der Waals surface area contributed by atoms with Gasteiger partial charge in [0.05, 0.1) is 24.1 Å². The van der Waals surface area contributed by atoms with Crippen molar-refractivity contribution >= 4 is 34.8 Å². The van der Waals surface area contributed by atoms with Gasteiger partial charge in [0.2, 0.25) is 0 Å². The highest BCUT2D eigenvalue weighted by Crippen LogP contribution is 2.26. The Morgan fingerprint density at radius 2 is 2.00 bits per heavy atom. The molecule has 1 unspecified atom stereocenters. The Bertz CT molecular complexity index is 670. The maximum absolute atomic E-state index is 12.3. The first-order valence-corrected chi connectivity index (χ1v) is 8.56. The maximum atomic E-state index is 12.3. The number of nitrogens with one attached hydrogen (secondary N) is 1. The molecule has 0 saturated carbocycles. The van der Waals surface area contributed by atoms with Gasteiger partial charge in [-0.15, -0.1) is 0 Å². The summed E-state index contributed by atoms with van der Waals surface area (Å²) < 4.78 is 5.18. The van der Waals surface area contributed by atoms with E-state index < -0.39 is 6.04 Å². The summed E-state index contributed by atoms with van der Waals surface area (Å²) >= 11 is 7.65. The SMILES string of the molecule is CC(C)OC(=O)CC(NC(=O)c1ccsc1)c1ccccc1Cl. The summed E-state index contributed by atoms with van der Waals surface area (Å²) in [6.45, 7) is 3.57. The highest BCUT2D eigenvalue weighted by atomic mass is 35.5. The molecule has 1 heterocycles. The zero-order chi connectivity index (χ0) is 16.8. The summed E-state index contributed by atoms with van der Waals surface area (Å²) in [5.74, 6) is -0.621. The molecule has 1 aromatic carbocycles. The number of halogens is 1. The lowest BCUT2D eigenvalue weighted by Crippen LogP contribution is -2.31. The zero-order valence-corrected chi connectivity index (χ0v) is 14.5. The molecule has 1 atom stereocenters.